The van der Waals surface area contributed by atoms with Gasteiger partial charge >= 0.3 is 0 Å². The number of carbonyl (C=O) groups excluding carboxylic acids is 1. The zero-order chi connectivity index (χ0) is 17.9. The van der Waals surface area contributed by atoms with Crippen molar-refractivity contribution in [2.24, 2.45) is 0 Å². The highest BCUT2D eigenvalue weighted by molar-refractivity contribution is 6.29. The average Bonchev–Trinajstić information content (AvgIpc) is 2.89. The van der Waals surface area contributed by atoms with Crippen molar-refractivity contribution in [2.75, 3.05) is 13.6 Å². The molecule has 1 spiro atoms. The Morgan fingerprint density at radius 2 is 1.96 bits per heavy atom. The number of benzene rings is 1. The molecule has 4 nitrogen and oxygen atoms in total. The van der Waals surface area contributed by atoms with Gasteiger partial charge in [0.25, 0.3) is 0 Å². The van der Waals surface area contributed by atoms with Gasteiger partial charge in [0.15, 0.2) is 23.2 Å². The number of Topliss-reactive ketones (excluding diaryl/α,β-unsaturated/α-hetero) is 1. The third-order valence-electron chi connectivity index (χ3n) is 5.37. The Morgan fingerprint density at radius 1 is 1.28 bits per heavy atom. The Morgan fingerprint density at radius 3 is 2.64 bits per heavy atom. The van der Waals surface area contributed by atoms with Gasteiger partial charge in [-0.15, -0.1) is 0 Å². The number of ketones is 1. The highest BCUT2D eigenvalue weighted by atomic mass is 35.5. The maximum Gasteiger partial charge on any atom is 0.194 e. The molecule has 8 heteroatoms. The van der Waals surface area contributed by atoms with E-state index in [1.54, 1.807) is 11.1 Å². The van der Waals surface area contributed by atoms with Crippen molar-refractivity contribution in [1.29, 1.82) is 0 Å². The monoisotopic (exact) mass is 371 g/mol. The summed E-state index contributed by atoms with van der Waals surface area (Å²) in [5.41, 5.74) is -0.681. The van der Waals surface area contributed by atoms with Gasteiger partial charge in [0.05, 0.1) is 0 Å². The highest BCUT2D eigenvalue weighted by Gasteiger charge is 2.61. The number of nitrogens with one attached hydrogen (secondary N) is 1. The van der Waals surface area contributed by atoms with Crippen molar-refractivity contribution in [3.63, 3.8) is 0 Å². The van der Waals surface area contributed by atoms with E-state index in [1.807, 2.05) is 11.9 Å². The average molecular weight is 372 g/mol. The Labute approximate surface area is 148 Å². The van der Waals surface area contributed by atoms with Crippen LogP contribution in [0.15, 0.2) is 23.5 Å². The molecular weight excluding hydrogens is 355 g/mol. The topological polar surface area (TPSA) is 35.6 Å². The fourth-order valence-corrected chi connectivity index (χ4v) is 4.79. The largest absolute Gasteiger partial charge is 0.375 e. The normalized spacial score (nSPS) is 31.7. The molecule has 0 bridgehead atoms. The summed E-state index contributed by atoms with van der Waals surface area (Å²) in [5, 5.41) is 3.61. The summed E-state index contributed by atoms with van der Waals surface area (Å²) in [5.74, 6) is -3.98. The fraction of sp³-hybridized carbons (Fsp3) is 0.471. The molecule has 1 aromatic rings. The predicted octanol–water partition coefficient (Wildman–Crippen LogP) is 2.85. The number of carbonyl (C=O) groups is 1. The van der Waals surface area contributed by atoms with Crippen LogP contribution in [0, 0.1) is 17.5 Å². The van der Waals surface area contributed by atoms with E-state index in [2.05, 4.69) is 5.32 Å². The predicted molar refractivity (Wildman–Crippen MR) is 86.0 cm³/mol. The molecule has 0 amide bonds. The molecular formula is C17H17ClF3N3O. The molecule has 1 saturated heterocycles. The summed E-state index contributed by atoms with van der Waals surface area (Å²) in [7, 11) is 1.83. The zero-order valence-corrected chi connectivity index (χ0v) is 14.3. The van der Waals surface area contributed by atoms with Crippen LogP contribution in [0.3, 0.4) is 0 Å². The third kappa shape index (κ3) is 2.29. The molecule has 1 aliphatic carbocycles. The van der Waals surface area contributed by atoms with Crippen LogP contribution in [0.1, 0.15) is 31.0 Å². The molecule has 1 N–H and O–H groups in total. The van der Waals surface area contributed by atoms with Crippen LogP contribution in [0.2, 0.25) is 0 Å². The molecule has 2 aliphatic heterocycles. The van der Waals surface area contributed by atoms with E-state index in [0.29, 0.717) is 18.1 Å². The summed E-state index contributed by atoms with van der Waals surface area (Å²) in [4.78, 5) is 16.4. The number of halogens is 4. The van der Waals surface area contributed by atoms with Gasteiger partial charge in [-0.1, -0.05) is 11.6 Å². The van der Waals surface area contributed by atoms with Crippen molar-refractivity contribution < 1.29 is 18.0 Å². The van der Waals surface area contributed by atoms with Crippen molar-refractivity contribution in [2.45, 2.75) is 37.0 Å². The van der Waals surface area contributed by atoms with Gasteiger partial charge in [0.2, 0.25) is 0 Å². The van der Waals surface area contributed by atoms with Gasteiger partial charge in [-0.25, -0.2) is 13.2 Å². The SMILES string of the molecule is CN1C=C(Cl)N2C(c3cc(F)c(F)c(F)c3)NC3CCCC(=O)C32C1. The minimum atomic E-state index is -1.51. The lowest BCUT2D eigenvalue weighted by atomic mass is 9.75. The quantitative estimate of drug-likeness (QED) is 0.608. The Balaban J connectivity index is 1.86. The van der Waals surface area contributed by atoms with Crippen LogP contribution in [-0.2, 0) is 4.79 Å². The van der Waals surface area contributed by atoms with E-state index in [9.17, 15) is 18.0 Å². The maximum atomic E-state index is 13.7. The lowest BCUT2D eigenvalue weighted by Gasteiger charge is -2.49. The maximum absolute atomic E-state index is 13.7. The second-order valence-electron chi connectivity index (χ2n) is 6.90. The molecule has 2 fully saturated rings. The molecule has 0 aromatic heterocycles. The zero-order valence-electron chi connectivity index (χ0n) is 13.5. The van der Waals surface area contributed by atoms with Crippen molar-refractivity contribution >= 4 is 17.4 Å². The molecule has 3 unspecified atom stereocenters. The molecule has 1 aromatic carbocycles. The first-order chi connectivity index (χ1) is 11.8. The molecule has 134 valence electrons. The van der Waals surface area contributed by atoms with Gasteiger partial charge in [0, 0.05) is 32.3 Å². The number of hydrogen-bond donors (Lipinski definition) is 1. The Hall–Kier alpha value is -1.73. The lowest BCUT2D eigenvalue weighted by molar-refractivity contribution is -0.133. The van der Waals surface area contributed by atoms with Crippen LogP contribution < -0.4 is 5.32 Å². The minimum absolute atomic E-state index is 0.0555. The molecule has 3 atom stereocenters. The minimum Gasteiger partial charge on any atom is -0.375 e. The van der Waals surface area contributed by atoms with Crippen LogP contribution in [0.4, 0.5) is 13.2 Å². The first kappa shape index (κ1) is 16.7. The van der Waals surface area contributed by atoms with Crippen LogP contribution >= 0.6 is 11.6 Å². The van der Waals surface area contributed by atoms with Crippen LogP contribution in [-0.4, -0.2) is 40.8 Å². The lowest BCUT2D eigenvalue weighted by Crippen LogP contribution is -2.65. The van der Waals surface area contributed by atoms with Gasteiger partial charge in [-0.05, 0) is 30.5 Å². The number of nitrogens with zero attached hydrogens (tertiary/aromatic N) is 2. The van der Waals surface area contributed by atoms with Crippen LogP contribution in [0.5, 0.6) is 0 Å². The molecule has 4 rings (SSSR count). The van der Waals surface area contributed by atoms with Gasteiger partial charge in [-0.2, -0.15) is 0 Å². The third-order valence-corrected chi connectivity index (χ3v) is 5.65. The highest BCUT2D eigenvalue weighted by Crippen LogP contribution is 2.48. The summed E-state index contributed by atoms with van der Waals surface area (Å²) in [6.45, 7) is 0.433. The molecule has 25 heavy (non-hydrogen) atoms. The van der Waals surface area contributed by atoms with Crippen molar-refractivity contribution in [1.82, 2.24) is 15.1 Å². The standard InChI is InChI=1S/C17H17ClF3N3O/c1-23-7-14(18)24-16(9-5-10(19)15(21)11(20)6-9)22-12-3-2-4-13(25)17(12,24)8-23/h5-7,12,16,22H,2-4,8H2,1H3. The number of likely N-dealkylation sites (N-methyl/N-ethyl adjacent to an activating group) is 1. The molecule has 0 radical (unpaired) electrons. The van der Waals surface area contributed by atoms with E-state index in [0.717, 1.165) is 25.0 Å². The van der Waals surface area contributed by atoms with Crippen molar-refractivity contribution in [3.05, 3.63) is 46.5 Å². The van der Waals surface area contributed by atoms with Crippen molar-refractivity contribution in [3.8, 4) is 0 Å². The van der Waals surface area contributed by atoms with Gasteiger partial charge in [-0.3, -0.25) is 10.1 Å². The summed E-state index contributed by atoms with van der Waals surface area (Å²) < 4.78 is 40.8. The fourth-order valence-electron chi connectivity index (χ4n) is 4.37. The summed E-state index contributed by atoms with van der Waals surface area (Å²) in [6.07, 6.45) is 2.92. The summed E-state index contributed by atoms with van der Waals surface area (Å²) >= 11 is 6.44. The summed E-state index contributed by atoms with van der Waals surface area (Å²) in [6, 6.07) is 1.71. The van der Waals surface area contributed by atoms with E-state index in [-0.39, 0.29) is 17.4 Å². The van der Waals surface area contributed by atoms with Crippen LogP contribution in [0.25, 0.3) is 0 Å². The van der Waals surface area contributed by atoms with E-state index in [1.165, 1.54) is 0 Å². The van der Waals surface area contributed by atoms with E-state index < -0.39 is 29.2 Å². The number of hydrogen-bond acceptors (Lipinski definition) is 4. The molecule has 3 aliphatic rings. The van der Waals surface area contributed by atoms with Gasteiger partial charge in [0.1, 0.15) is 16.9 Å². The van der Waals surface area contributed by atoms with E-state index >= 15 is 0 Å². The second kappa shape index (κ2) is 5.64. The van der Waals surface area contributed by atoms with E-state index in [4.69, 9.17) is 11.6 Å². The first-order valence-electron chi connectivity index (χ1n) is 8.15. The Kier molecular flexibility index (Phi) is 3.77. The number of rotatable bonds is 1. The second-order valence-corrected chi connectivity index (χ2v) is 7.28. The Bertz CT molecular complexity index is 763. The first-order valence-corrected chi connectivity index (χ1v) is 8.53. The van der Waals surface area contributed by atoms with Gasteiger partial charge < -0.3 is 9.80 Å². The molecule has 1 saturated carbocycles. The molecule has 2 heterocycles. The smallest absolute Gasteiger partial charge is 0.194 e.